The maximum Gasteiger partial charge on any atom is 0.255 e. The molecule has 174 valence electrons. The van der Waals surface area contributed by atoms with Crippen molar-refractivity contribution in [2.45, 2.75) is 13.0 Å². The summed E-state index contributed by atoms with van der Waals surface area (Å²) in [5.41, 5.74) is 3.53. The number of Topliss-reactive ketones (excluding diaryl/α,β-unsaturated/α-hetero) is 1. The minimum atomic E-state index is -0.402. The van der Waals surface area contributed by atoms with Crippen LogP contribution in [0.25, 0.3) is 17.0 Å². The van der Waals surface area contributed by atoms with Crippen molar-refractivity contribution in [2.24, 2.45) is 7.05 Å². The Hall–Kier alpha value is -4.37. The van der Waals surface area contributed by atoms with E-state index in [0.717, 1.165) is 16.8 Å². The Morgan fingerprint density at radius 1 is 1.03 bits per heavy atom. The highest BCUT2D eigenvalue weighted by Crippen LogP contribution is 2.19. The van der Waals surface area contributed by atoms with Crippen molar-refractivity contribution in [1.29, 1.82) is 0 Å². The average Bonchev–Trinajstić information content (AvgIpc) is 3.47. The molecule has 10 heteroatoms. The molecule has 0 saturated carbocycles. The quantitative estimate of drug-likeness (QED) is 0.279. The summed E-state index contributed by atoms with van der Waals surface area (Å²) in [6, 6.07) is 15.0. The summed E-state index contributed by atoms with van der Waals surface area (Å²) in [6.45, 7) is 0.243. The van der Waals surface area contributed by atoms with E-state index in [1.807, 2.05) is 47.1 Å². The van der Waals surface area contributed by atoms with E-state index in [1.54, 1.807) is 31.4 Å². The molecule has 0 aliphatic rings. The van der Waals surface area contributed by atoms with Crippen LogP contribution in [0.4, 0.5) is 0 Å². The first-order chi connectivity index (χ1) is 17.0. The molecule has 5 rings (SSSR count). The minimum absolute atomic E-state index is 0.00491. The van der Waals surface area contributed by atoms with Crippen LogP contribution in [-0.4, -0.2) is 40.8 Å². The molecule has 9 nitrogen and oxygen atoms in total. The minimum Gasteiger partial charge on any atom is -0.348 e. The zero-order valence-electron chi connectivity index (χ0n) is 18.7. The fourth-order valence-corrected chi connectivity index (χ4v) is 3.84. The zero-order chi connectivity index (χ0) is 24.4. The summed E-state index contributed by atoms with van der Waals surface area (Å²) in [4.78, 5) is 39.1. The Labute approximate surface area is 205 Å². The van der Waals surface area contributed by atoms with Gasteiger partial charge in [-0.3, -0.25) is 18.7 Å². The van der Waals surface area contributed by atoms with Gasteiger partial charge in [-0.25, -0.2) is 15.0 Å². The average molecular weight is 486 g/mol. The summed E-state index contributed by atoms with van der Waals surface area (Å²) in [6.07, 6.45) is 6.69. The molecule has 1 N–H and O–H groups in total. The van der Waals surface area contributed by atoms with Crippen molar-refractivity contribution < 1.29 is 9.59 Å². The van der Waals surface area contributed by atoms with Crippen LogP contribution in [0.1, 0.15) is 32.1 Å². The molecule has 5 aromatic rings. The molecule has 0 aliphatic carbocycles. The van der Waals surface area contributed by atoms with Crippen molar-refractivity contribution in [1.82, 2.24) is 34.4 Å². The molecule has 0 aliphatic heterocycles. The maximum atomic E-state index is 13.2. The lowest BCUT2D eigenvalue weighted by Gasteiger charge is -2.07. The number of fused-ring (bicyclic) bond motifs is 1. The first-order valence-electron chi connectivity index (χ1n) is 10.8. The van der Waals surface area contributed by atoms with Gasteiger partial charge in [-0.15, -0.1) is 0 Å². The van der Waals surface area contributed by atoms with Crippen LogP contribution in [0, 0.1) is 0 Å². The topological polar surface area (TPSA) is 107 Å². The fraction of sp³-hybridized carbons (Fsp3) is 0.120. The Bertz CT molecular complexity index is 1530. The molecule has 0 fully saturated rings. The third-order valence-electron chi connectivity index (χ3n) is 5.48. The van der Waals surface area contributed by atoms with Crippen LogP contribution in [0.3, 0.4) is 0 Å². The first kappa shape index (κ1) is 22.4. The van der Waals surface area contributed by atoms with Crippen molar-refractivity contribution in [3.8, 4) is 11.3 Å². The van der Waals surface area contributed by atoms with Crippen LogP contribution in [-0.2, 0) is 20.0 Å². The number of hydrogen-bond acceptors (Lipinski definition) is 6. The second-order valence-electron chi connectivity index (χ2n) is 7.92. The van der Waals surface area contributed by atoms with Gasteiger partial charge in [0, 0.05) is 37.7 Å². The van der Waals surface area contributed by atoms with Crippen molar-refractivity contribution in [2.75, 3.05) is 0 Å². The molecule has 35 heavy (non-hydrogen) atoms. The number of carbonyl (C=O) groups excluding carboxylic acids is 2. The predicted molar refractivity (Wildman–Crippen MR) is 130 cm³/mol. The lowest BCUT2D eigenvalue weighted by molar-refractivity contribution is 0.0929. The third kappa shape index (κ3) is 4.80. The lowest BCUT2D eigenvalue weighted by atomic mass is 10.1. The highest BCUT2D eigenvalue weighted by Gasteiger charge is 2.23. The van der Waals surface area contributed by atoms with Gasteiger partial charge in [0.1, 0.15) is 10.8 Å². The van der Waals surface area contributed by atoms with E-state index >= 15 is 0 Å². The van der Waals surface area contributed by atoms with Gasteiger partial charge in [-0.05, 0) is 17.7 Å². The summed E-state index contributed by atoms with van der Waals surface area (Å²) < 4.78 is 3.22. The molecule has 0 bridgehead atoms. The number of rotatable bonds is 7. The number of halogens is 1. The Kier molecular flexibility index (Phi) is 6.07. The van der Waals surface area contributed by atoms with E-state index in [0.29, 0.717) is 16.6 Å². The SMILES string of the molecule is Cn1ncc(C(=O)NCc2ccc(Cl)nc2)c1C(=O)Cc1ccn2cc(-c3ccccc3)nc2n1. The summed E-state index contributed by atoms with van der Waals surface area (Å²) in [5, 5.41) is 7.29. The fourth-order valence-electron chi connectivity index (χ4n) is 3.73. The van der Waals surface area contributed by atoms with Gasteiger partial charge in [0.2, 0.25) is 5.78 Å². The van der Waals surface area contributed by atoms with Crippen LogP contribution in [0.5, 0.6) is 0 Å². The number of ketones is 1. The van der Waals surface area contributed by atoms with Gasteiger partial charge in [-0.1, -0.05) is 48.0 Å². The number of aryl methyl sites for hydroxylation is 1. The number of nitrogens with one attached hydrogen (secondary N) is 1. The Morgan fingerprint density at radius 2 is 1.86 bits per heavy atom. The van der Waals surface area contributed by atoms with Gasteiger partial charge >= 0.3 is 0 Å². The predicted octanol–water partition coefficient (Wildman–Crippen LogP) is 3.53. The summed E-state index contributed by atoms with van der Waals surface area (Å²) in [7, 11) is 1.63. The number of aromatic nitrogens is 6. The number of amides is 1. The molecular formula is C25H20ClN7O2. The van der Waals surface area contributed by atoms with Gasteiger partial charge in [0.25, 0.3) is 5.91 Å². The maximum absolute atomic E-state index is 13.2. The standard InChI is InChI=1S/C25H20ClN7O2/c1-32-23(19(14-29-32)24(35)28-13-16-7-8-22(26)27-12-16)21(34)11-18-9-10-33-15-20(31-25(33)30-18)17-5-3-2-4-6-17/h2-10,12,14-15H,11,13H2,1H3,(H,28,35). The summed E-state index contributed by atoms with van der Waals surface area (Å²) in [5.74, 6) is -0.177. The number of carbonyl (C=O) groups is 2. The van der Waals surface area contributed by atoms with E-state index in [9.17, 15) is 9.59 Å². The number of imidazole rings is 1. The number of pyridine rings is 1. The largest absolute Gasteiger partial charge is 0.348 e. The second kappa shape index (κ2) is 9.47. The van der Waals surface area contributed by atoms with Crippen molar-refractivity contribution in [3.05, 3.63) is 101 Å². The van der Waals surface area contributed by atoms with Gasteiger partial charge < -0.3 is 5.32 Å². The summed E-state index contributed by atoms with van der Waals surface area (Å²) >= 11 is 5.80. The Balaban J connectivity index is 1.33. The smallest absolute Gasteiger partial charge is 0.255 e. The highest BCUT2D eigenvalue weighted by atomic mass is 35.5. The van der Waals surface area contributed by atoms with Crippen LogP contribution in [0.15, 0.2) is 73.3 Å². The van der Waals surface area contributed by atoms with Crippen LogP contribution < -0.4 is 5.32 Å². The molecule has 4 aromatic heterocycles. The van der Waals surface area contributed by atoms with Gasteiger partial charge in [0.15, 0.2) is 5.78 Å². The van der Waals surface area contributed by atoms with Gasteiger partial charge in [-0.2, -0.15) is 5.10 Å². The molecule has 0 unspecified atom stereocenters. The van der Waals surface area contributed by atoms with Gasteiger partial charge in [0.05, 0.1) is 29.6 Å². The normalized spacial score (nSPS) is 11.0. The molecule has 4 heterocycles. The molecule has 0 spiro atoms. The van der Waals surface area contributed by atoms with Crippen molar-refractivity contribution in [3.63, 3.8) is 0 Å². The number of benzene rings is 1. The van der Waals surface area contributed by atoms with Crippen LogP contribution >= 0.6 is 11.6 Å². The molecule has 1 amide bonds. The number of nitrogens with zero attached hydrogens (tertiary/aromatic N) is 6. The number of hydrogen-bond donors (Lipinski definition) is 1. The highest BCUT2D eigenvalue weighted by molar-refractivity contribution is 6.29. The monoisotopic (exact) mass is 485 g/mol. The molecule has 0 radical (unpaired) electrons. The lowest BCUT2D eigenvalue weighted by Crippen LogP contribution is -2.25. The second-order valence-corrected chi connectivity index (χ2v) is 8.31. The van der Waals surface area contributed by atoms with E-state index < -0.39 is 5.91 Å². The van der Waals surface area contributed by atoms with Crippen molar-refractivity contribution >= 4 is 29.1 Å². The third-order valence-corrected chi connectivity index (χ3v) is 5.71. The van der Waals surface area contributed by atoms with Crippen LogP contribution in [0.2, 0.25) is 5.15 Å². The Morgan fingerprint density at radius 3 is 2.63 bits per heavy atom. The molecule has 0 saturated heterocycles. The van der Waals surface area contributed by atoms with E-state index in [4.69, 9.17) is 11.6 Å². The molecule has 0 atom stereocenters. The van der Waals surface area contributed by atoms with E-state index in [-0.39, 0.29) is 30.0 Å². The van der Waals surface area contributed by atoms with E-state index in [2.05, 4.69) is 25.4 Å². The van der Waals surface area contributed by atoms with E-state index in [1.165, 1.54) is 10.9 Å². The molecular weight excluding hydrogens is 466 g/mol. The first-order valence-corrected chi connectivity index (χ1v) is 11.2. The molecule has 1 aromatic carbocycles. The zero-order valence-corrected chi connectivity index (χ0v) is 19.5.